The minimum Gasteiger partial charge on any atom is -0.477 e. The van der Waals surface area contributed by atoms with E-state index < -0.39 is 5.97 Å². The number of fused-ring (bicyclic) bond motifs is 3. The van der Waals surface area contributed by atoms with Crippen molar-refractivity contribution in [3.63, 3.8) is 0 Å². The van der Waals surface area contributed by atoms with Crippen LogP contribution in [0.1, 0.15) is 21.6 Å². The number of hydrogen-bond donors (Lipinski definition) is 2. The third kappa shape index (κ3) is 1.13. The van der Waals surface area contributed by atoms with Gasteiger partial charge in [-0.05, 0) is 18.4 Å². The molecule has 0 unspecified atom stereocenters. The molecule has 0 fully saturated rings. The Morgan fingerprint density at radius 2 is 2.25 bits per heavy atom. The maximum atomic E-state index is 10.9. The van der Waals surface area contributed by atoms with Crippen LogP contribution in [0.4, 0.5) is 0 Å². The second-order valence-electron chi connectivity index (χ2n) is 3.63. The molecule has 0 aliphatic heterocycles. The molecule has 0 spiro atoms. The highest BCUT2D eigenvalue weighted by Crippen LogP contribution is 2.30. The lowest BCUT2D eigenvalue weighted by Gasteiger charge is -2.12. The first-order valence-corrected chi connectivity index (χ1v) is 4.87. The van der Waals surface area contributed by atoms with E-state index in [1.165, 1.54) is 6.33 Å². The van der Waals surface area contributed by atoms with Gasteiger partial charge in [0.2, 0.25) is 0 Å². The van der Waals surface area contributed by atoms with Crippen molar-refractivity contribution < 1.29 is 9.90 Å². The van der Waals surface area contributed by atoms with Gasteiger partial charge in [-0.3, -0.25) is 5.10 Å². The smallest absolute Gasteiger partial charge is 0.354 e. The van der Waals surface area contributed by atoms with Crippen molar-refractivity contribution in [1.82, 2.24) is 20.2 Å². The van der Waals surface area contributed by atoms with E-state index >= 15 is 0 Å². The van der Waals surface area contributed by atoms with Gasteiger partial charge in [0.05, 0.1) is 5.69 Å². The standard InChI is InChI=1S/C10H8N4O2/c15-10(16)9-6-2-1-5-3-11-4-12-7(5)8(6)13-14-9/h3-4H,1-2H2,(H,13,14)(H,15,16). The number of aromatic amines is 1. The van der Waals surface area contributed by atoms with E-state index in [9.17, 15) is 4.79 Å². The summed E-state index contributed by atoms with van der Waals surface area (Å²) in [6.07, 6.45) is 4.61. The molecule has 0 atom stereocenters. The van der Waals surface area contributed by atoms with Gasteiger partial charge in [0, 0.05) is 11.8 Å². The van der Waals surface area contributed by atoms with Crippen molar-refractivity contribution in [2.45, 2.75) is 12.8 Å². The van der Waals surface area contributed by atoms with Crippen molar-refractivity contribution in [3.8, 4) is 11.4 Å². The summed E-state index contributed by atoms with van der Waals surface area (Å²) in [5, 5.41) is 15.5. The maximum Gasteiger partial charge on any atom is 0.354 e. The summed E-state index contributed by atoms with van der Waals surface area (Å²) >= 11 is 0. The number of carbonyl (C=O) groups is 1. The summed E-state index contributed by atoms with van der Waals surface area (Å²) in [5.41, 5.74) is 3.29. The van der Waals surface area contributed by atoms with E-state index in [0.29, 0.717) is 12.1 Å². The Kier molecular flexibility index (Phi) is 1.76. The van der Waals surface area contributed by atoms with Crippen molar-refractivity contribution >= 4 is 5.97 Å². The zero-order valence-electron chi connectivity index (χ0n) is 8.27. The molecule has 0 bridgehead atoms. The molecule has 0 aromatic carbocycles. The maximum absolute atomic E-state index is 10.9. The normalized spacial score (nSPS) is 13.0. The molecule has 16 heavy (non-hydrogen) atoms. The first-order chi connectivity index (χ1) is 7.77. The zero-order valence-corrected chi connectivity index (χ0v) is 8.27. The lowest BCUT2D eigenvalue weighted by atomic mass is 9.93. The van der Waals surface area contributed by atoms with Gasteiger partial charge >= 0.3 is 5.97 Å². The summed E-state index contributed by atoms with van der Waals surface area (Å²) < 4.78 is 0. The van der Waals surface area contributed by atoms with E-state index in [1.54, 1.807) is 6.20 Å². The second kappa shape index (κ2) is 3.13. The number of nitrogens with one attached hydrogen (secondary N) is 1. The summed E-state index contributed by atoms with van der Waals surface area (Å²) in [5.74, 6) is -0.980. The number of H-pyrrole nitrogens is 1. The van der Waals surface area contributed by atoms with Gasteiger partial charge in [-0.25, -0.2) is 14.8 Å². The van der Waals surface area contributed by atoms with Gasteiger partial charge in [0.15, 0.2) is 0 Å². The van der Waals surface area contributed by atoms with E-state index in [4.69, 9.17) is 5.11 Å². The molecule has 0 amide bonds. The highest BCUT2D eigenvalue weighted by atomic mass is 16.4. The predicted octanol–water partition coefficient (Wildman–Crippen LogP) is 0.663. The molecule has 2 aromatic rings. The first-order valence-electron chi connectivity index (χ1n) is 4.87. The molecule has 0 saturated carbocycles. The summed E-state index contributed by atoms with van der Waals surface area (Å²) in [6.45, 7) is 0. The van der Waals surface area contributed by atoms with Crippen LogP contribution in [0.3, 0.4) is 0 Å². The SMILES string of the molecule is O=C(O)c1[nH]nc2c1CCc1cncnc1-2. The Morgan fingerprint density at radius 1 is 1.38 bits per heavy atom. The van der Waals surface area contributed by atoms with Crippen molar-refractivity contribution in [2.24, 2.45) is 0 Å². The molecular weight excluding hydrogens is 208 g/mol. The van der Waals surface area contributed by atoms with Gasteiger partial charge in [-0.2, -0.15) is 5.10 Å². The van der Waals surface area contributed by atoms with E-state index in [0.717, 1.165) is 23.2 Å². The molecule has 3 rings (SSSR count). The van der Waals surface area contributed by atoms with Crippen LogP contribution in [0.5, 0.6) is 0 Å². The lowest BCUT2D eigenvalue weighted by Crippen LogP contribution is -2.08. The number of hydrogen-bond acceptors (Lipinski definition) is 4. The van der Waals surface area contributed by atoms with Gasteiger partial charge < -0.3 is 5.11 Å². The minimum atomic E-state index is -0.980. The number of rotatable bonds is 1. The van der Waals surface area contributed by atoms with Gasteiger partial charge in [0.25, 0.3) is 0 Å². The average molecular weight is 216 g/mol. The van der Waals surface area contributed by atoms with Crippen molar-refractivity contribution in [2.75, 3.05) is 0 Å². The van der Waals surface area contributed by atoms with Crippen LogP contribution in [0, 0.1) is 0 Å². The second-order valence-corrected chi connectivity index (χ2v) is 3.63. The van der Waals surface area contributed by atoms with Gasteiger partial charge in [-0.15, -0.1) is 0 Å². The molecule has 2 N–H and O–H groups in total. The van der Waals surface area contributed by atoms with Crippen LogP contribution in [-0.4, -0.2) is 31.2 Å². The van der Waals surface area contributed by atoms with Gasteiger partial charge in [-0.1, -0.05) is 0 Å². The van der Waals surface area contributed by atoms with Crippen LogP contribution < -0.4 is 0 Å². The van der Waals surface area contributed by atoms with Crippen molar-refractivity contribution in [3.05, 3.63) is 29.3 Å². The Bertz CT molecular complexity index is 576. The Hall–Kier alpha value is -2.24. The lowest BCUT2D eigenvalue weighted by molar-refractivity contribution is 0.0689. The minimum absolute atomic E-state index is 0.166. The number of aromatic carboxylic acids is 1. The topological polar surface area (TPSA) is 91.8 Å². The molecular formula is C10H8N4O2. The van der Waals surface area contributed by atoms with Crippen LogP contribution >= 0.6 is 0 Å². The third-order valence-corrected chi connectivity index (χ3v) is 2.74. The molecule has 6 nitrogen and oxygen atoms in total. The molecule has 1 aliphatic carbocycles. The number of aryl methyl sites for hydroxylation is 1. The molecule has 0 saturated heterocycles. The number of carboxylic acids is 1. The number of nitrogens with zero attached hydrogens (tertiary/aromatic N) is 3. The predicted molar refractivity (Wildman–Crippen MR) is 54.0 cm³/mol. The molecule has 0 radical (unpaired) electrons. The highest BCUT2D eigenvalue weighted by Gasteiger charge is 2.25. The van der Waals surface area contributed by atoms with Crippen LogP contribution in [0.25, 0.3) is 11.4 Å². The Balaban J connectivity index is 2.23. The average Bonchev–Trinajstić information content (AvgIpc) is 2.73. The van der Waals surface area contributed by atoms with Crippen molar-refractivity contribution in [1.29, 1.82) is 0 Å². The van der Waals surface area contributed by atoms with Gasteiger partial charge in [0.1, 0.15) is 17.7 Å². The fourth-order valence-electron chi connectivity index (χ4n) is 2.00. The fourth-order valence-corrected chi connectivity index (χ4v) is 2.00. The molecule has 2 aromatic heterocycles. The van der Waals surface area contributed by atoms with Crippen LogP contribution in [0.15, 0.2) is 12.5 Å². The summed E-state index contributed by atoms with van der Waals surface area (Å²) in [7, 11) is 0. The fraction of sp³-hybridized carbons (Fsp3) is 0.200. The largest absolute Gasteiger partial charge is 0.477 e. The highest BCUT2D eigenvalue weighted by molar-refractivity contribution is 5.89. The summed E-state index contributed by atoms with van der Waals surface area (Å²) in [4.78, 5) is 19.0. The number of carboxylic acid groups (broad SMARTS) is 1. The Labute approximate surface area is 90.4 Å². The Morgan fingerprint density at radius 3 is 3.06 bits per heavy atom. The molecule has 1 aliphatic rings. The monoisotopic (exact) mass is 216 g/mol. The van der Waals surface area contributed by atoms with Crippen LogP contribution in [-0.2, 0) is 12.8 Å². The molecule has 80 valence electrons. The zero-order chi connectivity index (χ0) is 11.1. The quantitative estimate of drug-likeness (QED) is 0.730. The first kappa shape index (κ1) is 9.02. The van der Waals surface area contributed by atoms with E-state index in [1.807, 2.05) is 0 Å². The van der Waals surface area contributed by atoms with E-state index in [2.05, 4.69) is 20.2 Å². The third-order valence-electron chi connectivity index (χ3n) is 2.74. The summed E-state index contributed by atoms with van der Waals surface area (Å²) in [6, 6.07) is 0. The number of aromatic nitrogens is 4. The molecule has 6 heteroatoms. The molecule has 2 heterocycles. The van der Waals surface area contributed by atoms with E-state index in [-0.39, 0.29) is 5.69 Å². The van der Waals surface area contributed by atoms with Crippen LogP contribution in [0.2, 0.25) is 0 Å².